The Morgan fingerprint density at radius 1 is 1.24 bits per heavy atom. The van der Waals surface area contributed by atoms with E-state index < -0.39 is 0 Å². The Morgan fingerprint density at radius 3 is 2.43 bits per heavy atom. The lowest BCUT2D eigenvalue weighted by molar-refractivity contribution is 0.0820. The van der Waals surface area contributed by atoms with Gasteiger partial charge in [0, 0.05) is 24.7 Å². The zero-order valence-electron chi connectivity index (χ0n) is 13.4. The number of hydrogen-bond acceptors (Lipinski definition) is 4. The molecule has 0 saturated carbocycles. The van der Waals surface area contributed by atoms with Crippen LogP contribution in [0.25, 0.3) is 0 Å². The normalized spacial score (nSPS) is 17.0. The van der Waals surface area contributed by atoms with Crippen molar-refractivity contribution >= 4 is 5.78 Å². The van der Waals surface area contributed by atoms with E-state index >= 15 is 0 Å². The summed E-state index contributed by atoms with van der Waals surface area (Å²) in [6, 6.07) is 5.95. The molecule has 0 aromatic heterocycles. The molecule has 4 nitrogen and oxygen atoms in total. The van der Waals surface area contributed by atoms with E-state index in [4.69, 9.17) is 9.47 Å². The third-order valence-corrected chi connectivity index (χ3v) is 4.07. The van der Waals surface area contributed by atoms with Crippen LogP contribution in [0.4, 0.5) is 0 Å². The number of carbonyl (C=O) groups excluding carboxylic acids is 1. The number of piperidine rings is 1. The highest BCUT2D eigenvalue weighted by molar-refractivity contribution is 5.94. The van der Waals surface area contributed by atoms with Crippen molar-refractivity contribution in [3.63, 3.8) is 0 Å². The molecule has 1 aromatic carbocycles. The van der Waals surface area contributed by atoms with E-state index in [9.17, 15) is 4.79 Å². The molecule has 1 aromatic rings. The third-order valence-electron chi connectivity index (χ3n) is 4.07. The monoisotopic (exact) mass is 291 g/mol. The molecule has 0 aliphatic carbocycles. The van der Waals surface area contributed by atoms with E-state index in [1.807, 2.05) is 0 Å². The zero-order valence-corrected chi connectivity index (χ0v) is 13.4. The molecule has 2 rings (SSSR count). The lowest BCUT2D eigenvalue weighted by Gasteiger charge is -2.34. The second-order valence-electron chi connectivity index (χ2n) is 5.87. The summed E-state index contributed by atoms with van der Waals surface area (Å²) in [7, 11) is 1.62. The number of nitrogens with zero attached hydrogens (tertiary/aromatic N) is 1. The topological polar surface area (TPSA) is 38.8 Å². The lowest BCUT2D eigenvalue weighted by atomic mass is 10.1. The Labute approximate surface area is 127 Å². The summed E-state index contributed by atoms with van der Waals surface area (Å²) in [4.78, 5) is 14.0. The highest BCUT2D eigenvalue weighted by atomic mass is 16.5. The van der Waals surface area contributed by atoms with E-state index in [1.165, 1.54) is 0 Å². The molecular weight excluding hydrogens is 266 g/mol. The molecule has 0 bridgehead atoms. The van der Waals surface area contributed by atoms with Gasteiger partial charge in [-0.3, -0.25) is 4.79 Å². The molecule has 4 heteroatoms. The Kier molecular flexibility index (Phi) is 5.23. The first kappa shape index (κ1) is 15.8. The van der Waals surface area contributed by atoms with Gasteiger partial charge >= 0.3 is 0 Å². The van der Waals surface area contributed by atoms with Crippen LogP contribution in [0.3, 0.4) is 0 Å². The molecule has 0 spiro atoms. The summed E-state index contributed by atoms with van der Waals surface area (Å²) in [5, 5.41) is 0. The number of rotatable bonds is 5. The molecule has 1 fully saturated rings. The smallest absolute Gasteiger partial charge is 0.162 e. The maximum Gasteiger partial charge on any atom is 0.162 e. The van der Waals surface area contributed by atoms with Crippen LogP contribution in [-0.2, 0) is 0 Å². The van der Waals surface area contributed by atoms with Gasteiger partial charge in [0.15, 0.2) is 17.3 Å². The minimum absolute atomic E-state index is 0.0390. The van der Waals surface area contributed by atoms with Crippen LogP contribution in [-0.4, -0.2) is 43.0 Å². The molecule has 1 aliphatic rings. The van der Waals surface area contributed by atoms with Gasteiger partial charge in [-0.05, 0) is 51.8 Å². The largest absolute Gasteiger partial charge is 0.493 e. The van der Waals surface area contributed by atoms with Gasteiger partial charge in [0.1, 0.15) is 6.10 Å². The standard InChI is InChI=1S/C17H25NO3/c1-12(2)18-9-7-15(8-10-18)21-17-11-14(13(3)19)5-6-16(17)20-4/h5-6,11-12,15H,7-10H2,1-4H3. The maximum absolute atomic E-state index is 11.5. The number of methoxy groups -OCH3 is 1. The van der Waals surface area contributed by atoms with Crippen LogP contribution in [0.15, 0.2) is 18.2 Å². The molecule has 21 heavy (non-hydrogen) atoms. The summed E-state index contributed by atoms with van der Waals surface area (Å²) in [5.41, 5.74) is 0.658. The van der Waals surface area contributed by atoms with Gasteiger partial charge in [0.25, 0.3) is 0 Å². The van der Waals surface area contributed by atoms with Crippen LogP contribution in [0.1, 0.15) is 44.0 Å². The van der Waals surface area contributed by atoms with Gasteiger partial charge in [-0.1, -0.05) is 0 Å². The van der Waals surface area contributed by atoms with Crippen LogP contribution in [0.2, 0.25) is 0 Å². The Bertz CT molecular complexity index is 491. The summed E-state index contributed by atoms with van der Waals surface area (Å²) < 4.78 is 11.4. The van der Waals surface area contributed by atoms with E-state index in [2.05, 4.69) is 18.7 Å². The number of carbonyl (C=O) groups is 1. The molecule has 1 aliphatic heterocycles. The minimum Gasteiger partial charge on any atom is -0.493 e. The Balaban J connectivity index is 2.05. The highest BCUT2D eigenvalue weighted by Crippen LogP contribution is 2.31. The van der Waals surface area contributed by atoms with Gasteiger partial charge in [-0.2, -0.15) is 0 Å². The number of ketones is 1. The van der Waals surface area contributed by atoms with Crippen molar-refractivity contribution in [1.29, 1.82) is 0 Å². The predicted molar refractivity (Wildman–Crippen MR) is 83.4 cm³/mol. The zero-order chi connectivity index (χ0) is 15.4. The minimum atomic E-state index is 0.0390. The van der Waals surface area contributed by atoms with Gasteiger partial charge in [-0.25, -0.2) is 0 Å². The number of likely N-dealkylation sites (tertiary alicyclic amines) is 1. The Morgan fingerprint density at radius 2 is 1.90 bits per heavy atom. The fraction of sp³-hybridized carbons (Fsp3) is 0.588. The Hall–Kier alpha value is -1.55. The second-order valence-corrected chi connectivity index (χ2v) is 5.87. The quantitative estimate of drug-likeness (QED) is 0.781. The van der Waals surface area contributed by atoms with Crippen molar-refractivity contribution in [2.75, 3.05) is 20.2 Å². The van der Waals surface area contributed by atoms with Crippen molar-refractivity contribution in [1.82, 2.24) is 4.90 Å². The van der Waals surface area contributed by atoms with Crippen LogP contribution >= 0.6 is 0 Å². The first-order valence-corrected chi connectivity index (χ1v) is 7.61. The van der Waals surface area contributed by atoms with Crippen LogP contribution in [0, 0.1) is 0 Å². The molecule has 116 valence electrons. The molecule has 0 N–H and O–H groups in total. The average Bonchev–Trinajstić information content (AvgIpc) is 2.47. The first-order valence-electron chi connectivity index (χ1n) is 7.61. The molecular formula is C17H25NO3. The van der Waals surface area contributed by atoms with E-state index in [-0.39, 0.29) is 11.9 Å². The summed E-state index contributed by atoms with van der Waals surface area (Å²) in [5.74, 6) is 1.40. The molecule has 0 radical (unpaired) electrons. The van der Waals surface area contributed by atoms with Gasteiger partial charge in [0.05, 0.1) is 7.11 Å². The number of benzene rings is 1. The molecule has 0 amide bonds. The predicted octanol–water partition coefficient (Wildman–Crippen LogP) is 3.15. The van der Waals surface area contributed by atoms with Crippen molar-refractivity contribution in [2.45, 2.75) is 45.8 Å². The lowest BCUT2D eigenvalue weighted by Crippen LogP contribution is -2.41. The molecule has 1 heterocycles. The van der Waals surface area contributed by atoms with Crippen molar-refractivity contribution < 1.29 is 14.3 Å². The van der Waals surface area contributed by atoms with Crippen molar-refractivity contribution in [3.8, 4) is 11.5 Å². The van der Waals surface area contributed by atoms with E-state index in [0.29, 0.717) is 23.1 Å². The highest BCUT2D eigenvalue weighted by Gasteiger charge is 2.23. The van der Waals surface area contributed by atoms with Gasteiger partial charge in [0.2, 0.25) is 0 Å². The molecule has 1 saturated heterocycles. The van der Waals surface area contributed by atoms with Gasteiger partial charge in [-0.15, -0.1) is 0 Å². The fourth-order valence-electron chi connectivity index (χ4n) is 2.68. The van der Waals surface area contributed by atoms with Crippen molar-refractivity contribution in [2.24, 2.45) is 0 Å². The summed E-state index contributed by atoms with van der Waals surface area (Å²) >= 11 is 0. The van der Waals surface area contributed by atoms with Gasteiger partial charge < -0.3 is 14.4 Å². The number of ether oxygens (including phenoxy) is 2. The maximum atomic E-state index is 11.5. The third kappa shape index (κ3) is 3.97. The van der Waals surface area contributed by atoms with Crippen LogP contribution in [0.5, 0.6) is 11.5 Å². The SMILES string of the molecule is COc1ccc(C(C)=O)cc1OC1CCN(C(C)C)CC1. The fourth-order valence-corrected chi connectivity index (χ4v) is 2.68. The van der Waals surface area contributed by atoms with E-state index in [1.54, 1.807) is 32.2 Å². The van der Waals surface area contributed by atoms with E-state index in [0.717, 1.165) is 25.9 Å². The van der Waals surface area contributed by atoms with Crippen molar-refractivity contribution in [3.05, 3.63) is 23.8 Å². The molecule has 0 unspecified atom stereocenters. The number of hydrogen-bond donors (Lipinski definition) is 0. The molecule has 0 atom stereocenters. The number of Topliss-reactive ketones (excluding diaryl/α,β-unsaturated/α-hetero) is 1. The van der Waals surface area contributed by atoms with Crippen LogP contribution < -0.4 is 9.47 Å². The summed E-state index contributed by atoms with van der Waals surface area (Å²) in [6.07, 6.45) is 2.20. The average molecular weight is 291 g/mol. The second kappa shape index (κ2) is 6.94. The summed E-state index contributed by atoms with van der Waals surface area (Å²) in [6.45, 7) is 8.11. The first-order chi connectivity index (χ1) is 10.0.